The molecule has 0 radical (unpaired) electrons. The van der Waals surface area contributed by atoms with Gasteiger partial charge >= 0.3 is 5.97 Å². The number of hydrogen-bond donors (Lipinski definition) is 3. The van der Waals surface area contributed by atoms with Crippen LogP contribution in [0.2, 0.25) is 0 Å². The molecule has 0 aromatic carbocycles. The van der Waals surface area contributed by atoms with Crippen molar-refractivity contribution in [3.8, 4) is 0 Å². The number of methoxy groups -OCH3 is 1. The van der Waals surface area contributed by atoms with Crippen LogP contribution >= 0.6 is 0 Å². The lowest BCUT2D eigenvalue weighted by Gasteiger charge is -2.12. The number of nitrogens with two attached hydrogens (primary N) is 1. The van der Waals surface area contributed by atoms with E-state index in [9.17, 15) is 9.59 Å². The van der Waals surface area contributed by atoms with E-state index in [0.29, 0.717) is 19.5 Å². The van der Waals surface area contributed by atoms with Crippen molar-refractivity contribution in [2.45, 2.75) is 25.4 Å². The van der Waals surface area contributed by atoms with Gasteiger partial charge in [-0.1, -0.05) is 0 Å². The summed E-state index contributed by atoms with van der Waals surface area (Å²) < 4.78 is 4.93. The maximum atomic E-state index is 11.2. The maximum absolute atomic E-state index is 11.2. The van der Waals surface area contributed by atoms with E-state index in [4.69, 9.17) is 15.6 Å². The number of amides is 1. The first kappa shape index (κ1) is 13.9. The van der Waals surface area contributed by atoms with Crippen LogP contribution in [0.4, 0.5) is 0 Å². The zero-order chi connectivity index (χ0) is 11.7. The van der Waals surface area contributed by atoms with Crippen LogP contribution in [0, 0.1) is 0 Å². The highest BCUT2D eigenvalue weighted by molar-refractivity contribution is 5.76. The zero-order valence-electron chi connectivity index (χ0n) is 8.86. The molecule has 0 rings (SSSR count). The van der Waals surface area contributed by atoms with Crippen LogP contribution in [-0.2, 0) is 14.3 Å². The van der Waals surface area contributed by atoms with Crippen molar-refractivity contribution in [1.29, 1.82) is 0 Å². The van der Waals surface area contributed by atoms with Crippen molar-refractivity contribution in [2.24, 2.45) is 5.73 Å². The number of hydrogen-bond acceptors (Lipinski definition) is 4. The Morgan fingerprint density at radius 3 is 2.67 bits per heavy atom. The normalized spacial score (nSPS) is 12.1. The van der Waals surface area contributed by atoms with Crippen molar-refractivity contribution < 1.29 is 19.4 Å². The first-order valence-corrected chi connectivity index (χ1v) is 4.81. The summed E-state index contributed by atoms with van der Waals surface area (Å²) >= 11 is 0. The second kappa shape index (κ2) is 8.19. The fourth-order valence-corrected chi connectivity index (χ4v) is 1.01. The van der Waals surface area contributed by atoms with Crippen LogP contribution in [0.1, 0.15) is 19.3 Å². The molecular formula is C9H18N2O4. The van der Waals surface area contributed by atoms with Crippen LogP contribution in [-0.4, -0.2) is 43.3 Å². The lowest BCUT2D eigenvalue weighted by Crippen LogP contribution is -2.32. The number of carboxylic acid groups (broad SMARTS) is 1. The van der Waals surface area contributed by atoms with Crippen LogP contribution < -0.4 is 11.1 Å². The first-order valence-electron chi connectivity index (χ1n) is 4.81. The first-order chi connectivity index (χ1) is 7.10. The van der Waals surface area contributed by atoms with Crippen LogP contribution in [0.15, 0.2) is 0 Å². The summed E-state index contributed by atoms with van der Waals surface area (Å²) in [5, 5.41) is 11.0. The fraction of sp³-hybridized carbons (Fsp3) is 0.778. The molecule has 6 heteroatoms. The van der Waals surface area contributed by atoms with Gasteiger partial charge in [-0.15, -0.1) is 0 Å². The van der Waals surface area contributed by atoms with Crippen molar-refractivity contribution in [3.05, 3.63) is 0 Å². The Bertz CT molecular complexity index is 204. The third-order valence-electron chi connectivity index (χ3n) is 1.90. The molecule has 0 aliphatic rings. The highest BCUT2D eigenvalue weighted by atomic mass is 16.5. The summed E-state index contributed by atoms with van der Waals surface area (Å²) in [5.74, 6) is -1.03. The van der Waals surface area contributed by atoms with Crippen molar-refractivity contribution >= 4 is 11.9 Å². The molecule has 0 spiro atoms. The molecule has 15 heavy (non-hydrogen) atoms. The number of carbonyl (C=O) groups excluding carboxylic acids is 1. The third kappa shape index (κ3) is 7.90. The lowest BCUT2D eigenvalue weighted by molar-refractivity contribution is -0.137. The molecule has 0 saturated carbocycles. The number of carbonyl (C=O) groups is 2. The van der Waals surface area contributed by atoms with Crippen molar-refractivity contribution in [2.75, 3.05) is 20.2 Å². The van der Waals surface area contributed by atoms with Gasteiger partial charge in [0, 0.05) is 26.6 Å². The van der Waals surface area contributed by atoms with Crippen LogP contribution in [0.5, 0.6) is 0 Å². The molecule has 0 aromatic rings. The number of carboxylic acids is 1. The van der Waals surface area contributed by atoms with Gasteiger partial charge in [-0.3, -0.25) is 9.59 Å². The molecule has 1 amide bonds. The zero-order valence-corrected chi connectivity index (χ0v) is 8.86. The quantitative estimate of drug-likeness (QED) is 0.469. The van der Waals surface area contributed by atoms with E-state index in [2.05, 4.69) is 5.32 Å². The highest BCUT2D eigenvalue weighted by Gasteiger charge is 2.10. The summed E-state index contributed by atoms with van der Waals surface area (Å²) in [7, 11) is 1.50. The molecule has 0 bridgehead atoms. The van der Waals surface area contributed by atoms with Crippen LogP contribution in [0.25, 0.3) is 0 Å². The van der Waals surface area contributed by atoms with Gasteiger partial charge in [-0.25, -0.2) is 0 Å². The van der Waals surface area contributed by atoms with Gasteiger partial charge in [0.1, 0.15) is 0 Å². The molecule has 88 valence electrons. The molecule has 0 fully saturated rings. The van der Waals surface area contributed by atoms with Gasteiger partial charge in [0.15, 0.2) is 0 Å². The van der Waals surface area contributed by atoms with Gasteiger partial charge < -0.3 is 20.9 Å². The predicted octanol–water partition coefficient (Wildman–Crippen LogP) is -0.669. The van der Waals surface area contributed by atoms with E-state index < -0.39 is 5.97 Å². The molecular weight excluding hydrogens is 200 g/mol. The van der Waals surface area contributed by atoms with E-state index in [1.807, 2.05) is 0 Å². The Hall–Kier alpha value is -1.14. The van der Waals surface area contributed by atoms with Crippen molar-refractivity contribution in [1.82, 2.24) is 5.32 Å². The Kier molecular flexibility index (Phi) is 7.57. The average molecular weight is 218 g/mol. The van der Waals surface area contributed by atoms with Crippen LogP contribution in [0.3, 0.4) is 0 Å². The topological polar surface area (TPSA) is 102 Å². The van der Waals surface area contributed by atoms with E-state index in [-0.39, 0.29) is 24.9 Å². The van der Waals surface area contributed by atoms with E-state index in [1.54, 1.807) is 0 Å². The highest BCUT2D eigenvalue weighted by Crippen LogP contribution is 1.94. The minimum atomic E-state index is -0.860. The summed E-state index contributed by atoms with van der Waals surface area (Å²) in [6.45, 7) is 0.658. The fourth-order valence-electron chi connectivity index (χ4n) is 1.01. The molecule has 0 aliphatic heterocycles. The second-order valence-corrected chi connectivity index (χ2v) is 3.14. The molecule has 0 aromatic heterocycles. The second-order valence-electron chi connectivity index (χ2n) is 3.14. The van der Waals surface area contributed by atoms with Gasteiger partial charge in [-0.05, 0) is 6.42 Å². The maximum Gasteiger partial charge on any atom is 0.303 e. The molecule has 4 N–H and O–H groups in total. The number of aliphatic carboxylic acids is 1. The Labute approximate surface area is 88.8 Å². The minimum Gasteiger partial charge on any atom is -0.481 e. The summed E-state index contributed by atoms with van der Waals surface area (Å²) in [4.78, 5) is 21.4. The minimum absolute atomic E-state index is 0.0604. The SMILES string of the molecule is COC(CN)CC(=O)NCCCC(=O)O. The Balaban J connectivity index is 3.52. The van der Waals surface area contributed by atoms with Gasteiger partial charge in [0.2, 0.25) is 5.91 Å². The monoisotopic (exact) mass is 218 g/mol. The molecule has 6 nitrogen and oxygen atoms in total. The molecule has 0 saturated heterocycles. The summed E-state index contributed by atoms with van der Waals surface area (Å²) in [5.41, 5.74) is 5.34. The Morgan fingerprint density at radius 2 is 2.20 bits per heavy atom. The Morgan fingerprint density at radius 1 is 1.53 bits per heavy atom. The predicted molar refractivity (Wildman–Crippen MR) is 54.3 cm³/mol. The molecule has 0 heterocycles. The molecule has 0 aliphatic carbocycles. The average Bonchev–Trinajstić information content (AvgIpc) is 2.20. The summed E-state index contributed by atoms with van der Waals surface area (Å²) in [6.07, 6.45) is 0.427. The van der Waals surface area contributed by atoms with Gasteiger partial charge in [0.05, 0.1) is 12.5 Å². The number of nitrogens with one attached hydrogen (secondary N) is 1. The van der Waals surface area contributed by atoms with Gasteiger partial charge in [-0.2, -0.15) is 0 Å². The standard InChI is InChI=1S/C9H18N2O4/c1-15-7(6-10)5-8(12)11-4-2-3-9(13)14/h7H,2-6,10H2,1H3,(H,11,12)(H,13,14). The van der Waals surface area contributed by atoms with E-state index in [1.165, 1.54) is 7.11 Å². The molecule has 1 unspecified atom stereocenters. The lowest BCUT2D eigenvalue weighted by atomic mass is 10.2. The molecule has 1 atom stereocenters. The largest absolute Gasteiger partial charge is 0.481 e. The number of rotatable bonds is 8. The summed E-state index contributed by atoms with van der Waals surface area (Å²) in [6, 6.07) is 0. The number of ether oxygens (including phenoxy) is 1. The van der Waals surface area contributed by atoms with E-state index in [0.717, 1.165) is 0 Å². The smallest absolute Gasteiger partial charge is 0.303 e. The third-order valence-corrected chi connectivity index (χ3v) is 1.90. The van der Waals surface area contributed by atoms with Gasteiger partial charge in [0.25, 0.3) is 0 Å². The van der Waals surface area contributed by atoms with Crippen molar-refractivity contribution in [3.63, 3.8) is 0 Å². The van der Waals surface area contributed by atoms with E-state index >= 15 is 0 Å².